The van der Waals surface area contributed by atoms with Gasteiger partial charge in [-0.05, 0) is 38.3 Å². The predicted octanol–water partition coefficient (Wildman–Crippen LogP) is 2.73. The number of rotatable bonds is 3. The van der Waals surface area contributed by atoms with E-state index in [0.29, 0.717) is 17.8 Å². The zero-order valence-electron chi connectivity index (χ0n) is 11.1. The van der Waals surface area contributed by atoms with Crippen LogP contribution >= 0.6 is 0 Å². The highest BCUT2D eigenvalue weighted by atomic mass is 19.1. The van der Waals surface area contributed by atoms with Crippen molar-refractivity contribution in [2.45, 2.75) is 44.3 Å². The fraction of sp³-hybridized carbons (Fsp3) is 0.533. The summed E-state index contributed by atoms with van der Waals surface area (Å²) >= 11 is 0. The molecule has 0 radical (unpaired) electrons. The monoisotopic (exact) mass is 259 g/mol. The van der Waals surface area contributed by atoms with Crippen molar-refractivity contribution in [3.8, 4) is 6.07 Å². The molecule has 19 heavy (non-hydrogen) atoms. The number of nitrogens with zero attached hydrogens (tertiary/aromatic N) is 2. The molecule has 1 saturated heterocycles. The number of halogens is 1. The van der Waals surface area contributed by atoms with E-state index in [1.54, 1.807) is 12.1 Å². The van der Waals surface area contributed by atoms with E-state index in [-0.39, 0.29) is 5.56 Å². The van der Waals surface area contributed by atoms with Gasteiger partial charge in [0.1, 0.15) is 17.4 Å². The standard InChI is InChI=1S/C15H18FN3/c1-10-7-11(9-19(10)12-5-6-12)18-15-4-2-3-14(16)13(15)8-17/h2-4,10-12,18H,5-7,9H2,1H3. The molecule has 1 aliphatic heterocycles. The van der Waals surface area contributed by atoms with E-state index in [9.17, 15) is 4.39 Å². The van der Waals surface area contributed by atoms with Crippen LogP contribution in [0.2, 0.25) is 0 Å². The highest BCUT2D eigenvalue weighted by molar-refractivity contribution is 5.58. The van der Waals surface area contributed by atoms with Gasteiger partial charge in [-0.3, -0.25) is 4.90 Å². The van der Waals surface area contributed by atoms with Gasteiger partial charge in [-0.1, -0.05) is 6.07 Å². The van der Waals surface area contributed by atoms with Gasteiger partial charge in [-0.25, -0.2) is 4.39 Å². The van der Waals surface area contributed by atoms with Crippen molar-refractivity contribution in [3.05, 3.63) is 29.6 Å². The van der Waals surface area contributed by atoms with Crippen LogP contribution in [0.25, 0.3) is 0 Å². The molecule has 1 aromatic carbocycles. The first-order chi connectivity index (χ1) is 9.19. The van der Waals surface area contributed by atoms with Crippen LogP contribution in [0, 0.1) is 17.1 Å². The van der Waals surface area contributed by atoms with Crippen LogP contribution in [0.1, 0.15) is 31.7 Å². The first kappa shape index (κ1) is 12.4. The van der Waals surface area contributed by atoms with E-state index < -0.39 is 5.82 Å². The summed E-state index contributed by atoms with van der Waals surface area (Å²) in [5.74, 6) is -0.447. The third-order valence-electron chi connectivity index (χ3n) is 4.12. The average molecular weight is 259 g/mol. The lowest BCUT2D eigenvalue weighted by Gasteiger charge is -2.20. The van der Waals surface area contributed by atoms with Gasteiger partial charge in [0, 0.05) is 24.7 Å². The normalized spacial score (nSPS) is 27.2. The Balaban J connectivity index is 1.72. The molecule has 2 atom stereocenters. The Morgan fingerprint density at radius 1 is 1.42 bits per heavy atom. The number of anilines is 1. The quantitative estimate of drug-likeness (QED) is 0.907. The van der Waals surface area contributed by atoms with Crippen LogP contribution in [-0.4, -0.2) is 29.6 Å². The summed E-state index contributed by atoms with van der Waals surface area (Å²) in [5.41, 5.74) is 0.748. The number of hydrogen-bond donors (Lipinski definition) is 1. The summed E-state index contributed by atoms with van der Waals surface area (Å²) in [5, 5.41) is 12.4. The molecule has 1 heterocycles. The third-order valence-corrected chi connectivity index (χ3v) is 4.12. The minimum absolute atomic E-state index is 0.125. The molecule has 100 valence electrons. The van der Waals surface area contributed by atoms with Gasteiger partial charge in [-0.2, -0.15) is 5.26 Å². The van der Waals surface area contributed by atoms with Crippen LogP contribution in [0.15, 0.2) is 18.2 Å². The van der Waals surface area contributed by atoms with E-state index in [4.69, 9.17) is 5.26 Å². The predicted molar refractivity (Wildman–Crippen MR) is 72.3 cm³/mol. The van der Waals surface area contributed by atoms with Crippen LogP contribution in [-0.2, 0) is 0 Å². The lowest BCUT2D eigenvalue weighted by atomic mass is 10.1. The van der Waals surface area contributed by atoms with Crippen molar-refractivity contribution in [2.24, 2.45) is 0 Å². The molecule has 3 nitrogen and oxygen atoms in total. The first-order valence-corrected chi connectivity index (χ1v) is 6.90. The molecule has 1 saturated carbocycles. The van der Waals surface area contributed by atoms with E-state index in [2.05, 4.69) is 17.1 Å². The summed E-state index contributed by atoms with van der Waals surface area (Å²) in [6, 6.07) is 8.34. The lowest BCUT2D eigenvalue weighted by molar-refractivity contribution is 0.257. The summed E-state index contributed by atoms with van der Waals surface area (Å²) in [4.78, 5) is 2.53. The smallest absolute Gasteiger partial charge is 0.143 e. The molecule has 2 aliphatic rings. The van der Waals surface area contributed by atoms with Crippen molar-refractivity contribution in [1.82, 2.24) is 4.90 Å². The molecule has 0 spiro atoms. The molecule has 0 amide bonds. The molecule has 2 fully saturated rings. The van der Waals surface area contributed by atoms with E-state index in [0.717, 1.165) is 19.0 Å². The average Bonchev–Trinajstić information content (AvgIpc) is 3.15. The second-order valence-electron chi connectivity index (χ2n) is 5.63. The zero-order chi connectivity index (χ0) is 13.4. The van der Waals surface area contributed by atoms with Crippen LogP contribution in [0.3, 0.4) is 0 Å². The van der Waals surface area contributed by atoms with Gasteiger partial charge in [0.05, 0.1) is 5.69 Å². The SMILES string of the molecule is CC1CC(Nc2cccc(F)c2C#N)CN1C1CC1. The van der Waals surface area contributed by atoms with Gasteiger partial charge in [0.2, 0.25) is 0 Å². The fourth-order valence-electron chi connectivity index (χ4n) is 3.05. The summed E-state index contributed by atoms with van der Waals surface area (Å²) in [6.45, 7) is 3.24. The second kappa shape index (κ2) is 4.82. The molecular formula is C15H18FN3. The van der Waals surface area contributed by atoms with Crippen LogP contribution in [0.4, 0.5) is 10.1 Å². The summed E-state index contributed by atoms with van der Waals surface area (Å²) in [6.07, 6.45) is 3.67. The van der Waals surface area contributed by atoms with Crippen molar-refractivity contribution in [2.75, 3.05) is 11.9 Å². The Morgan fingerprint density at radius 3 is 2.89 bits per heavy atom. The van der Waals surface area contributed by atoms with Crippen molar-refractivity contribution < 1.29 is 4.39 Å². The Bertz CT molecular complexity index is 519. The molecule has 1 aromatic rings. The Labute approximate surface area is 113 Å². The topological polar surface area (TPSA) is 39.1 Å². The minimum Gasteiger partial charge on any atom is -0.380 e. The van der Waals surface area contributed by atoms with E-state index >= 15 is 0 Å². The van der Waals surface area contributed by atoms with Crippen LogP contribution < -0.4 is 5.32 Å². The molecule has 4 heteroatoms. The van der Waals surface area contributed by atoms with Crippen molar-refractivity contribution >= 4 is 5.69 Å². The number of hydrogen-bond acceptors (Lipinski definition) is 3. The maximum absolute atomic E-state index is 13.5. The van der Waals surface area contributed by atoms with E-state index in [1.165, 1.54) is 18.9 Å². The number of likely N-dealkylation sites (tertiary alicyclic amines) is 1. The number of benzene rings is 1. The Hall–Kier alpha value is -1.60. The Kier molecular flexibility index (Phi) is 3.16. The Morgan fingerprint density at radius 2 is 2.21 bits per heavy atom. The van der Waals surface area contributed by atoms with Crippen molar-refractivity contribution in [1.29, 1.82) is 5.26 Å². The second-order valence-corrected chi connectivity index (χ2v) is 5.63. The molecule has 0 aromatic heterocycles. The summed E-state index contributed by atoms with van der Waals surface area (Å²) in [7, 11) is 0. The minimum atomic E-state index is -0.447. The van der Waals surface area contributed by atoms with Gasteiger partial charge < -0.3 is 5.32 Å². The van der Waals surface area contributed by atoms with Gasteiger partial charge >= 0.3 is 0 Å². The molecule has 2 unspecified atom stereocenters. The van der Waals surface area contributed by atoms with Gasteiger partial charge in [-0.15, -0.1) is 0 Å². The highest BCUT2D eigenvalue weighted by Crippen LogP contribution is 2.34. The zero-order valence-corrected chi connectivity index (χ0v) is 11.1. The van der Waals surface area contributed by atoms with E-state index in [1.807, 2.05) is 6.07 Å². The maximum Gasteiger partial charge on any atom is 0.143 e. The lowest BCUT2D eigenvalue weighted by Crippen LogP contribution is -2.31. The number of nitrogens with one attached hydrogen (secondary N) is 1. The first-order valence-electron chi connectivity index (χ1n) is 6.90. The molecule has 1 aliphatic carbocycles. The molecule has 0 bridgehead atoms. The highest BCUT2D eigenvalue weighted by Gasteiger charge is 2.38. The third kappa shape index (κ3) is 2.43. The molecule has 1 N–H and O–H groups in total. The van der Waals surface area contributed by atoms with Crippen LogP contribution in [0.5, 0.6) is 0 Å². The van der Waals surface area contributed by atoms with Gasteiger partial charge in [0.25, 0.3) is 0 Å². The van der Waals surface area contributed by atoms with Crippen molar-refractivity contribution in [3.63, 3.8) is 0 Å². The number of nitriles is 1. The molecule has 3 rings (SSSR count). The fourth-order valence-corrected chi connectivity index (χ4v) is 3.05. The maximum atomic E-state index is 13.5. The largest absolute Gasteiger partial charge is 0.380 e. The van der Waals surface area contributed by atoms with Gasteiger partial charge in [0.15, 0.2) is 0 Å². The molecular weight excluding hydrogens is 241 g/mol. The summed E-state index contributed by atoms with van der Waals surface area (Å²) < 4.78 is 13.5.